The molecule has 0 spiro atoms. The van der Waals surface area contributed by atoms with E-state index in [9.17, 15) is 23.2 Å². The predicted octanol–water partition coefficient (Wildman–Crippen LogP) is 2.47. The molecule has 0 saturated heterocycles. The smallest absolute Gasteiger partial charge is 0.263 e. The first-order valence-corrected chi connectivity index (χ1v) is 9.39. The molecular weight excluding hydrogens is 420 g/mol. The van der Waals surface area contributed by atoms with E-state index in [1.165, 1.54) is 40.9 Å². The molecule has 0 saturated carbocycles. The van der Waals surface area contributed by atoms with E-state index in [0.717, 1.165) is 12.1 Å². The highest BCUT2D eigenvalue weighted by Crippen LogP contribution is 2.19. The van der Waals surface area contributed by atoms with Crippen molar-refractivity contribution in [1.29, 1.82) is 0 Å². The summed E-state index contributed by atoms with van der Waals surface area (Å²) in [6.45, 7) is -0.281. The summed E-state index contributed by atoms with van der Waals surface area (Å²) in [6, 6.07) is 14.8. The van der Waals surface area contributed by atoms with Crippen LogP contribution in [-0.2, 0) is 6.54 Å². The highest BCUT2D eigenvalue weighted by Gasteiger charge is 2.21. The Balaban J connectivity index is 0.00000289. The van der Waals surface area contributed by atoms with Crippen molar-refractivity contribution >= 4 is 22.6 Å². The molecule has 9 heteroatoms. The van der Waals surface area contributed by atoms with Crippen molar-refractivity contribution < 1.29 is 19.1 Å². The van der Waals surface area contributed by atoms with Gasteiger partial charge in [-0.25, -0.2) is 8.78 Å². The molecule has 0 aliphatic rings. The topological polar surface area (TPSA) is 107 Å². The van der Waals surface area contributed by atoms with Crippen LogP contribution in [0.2, 0.25) is 0 Å². The Morgan fingerprint density at radius 2 is 1.62 bits per heavy atom. The highest BCUT2D eigenvalue weighted by atomic mass is 19.1. The lowest BCUT2D eigenvalue weighted by molar-refractivity contribution is 0.0991. The molecule has 164 valence electrons. The predicted molar refractivity (Wildman–Crippen MR) is 117 cm³/mol. The average molecular weight is 439 g/mol. The van der Waals surface area contributed by atoms with Gasteiger partial charge in [0.2, 0.25) is 11.0 Å². The number of aromatic nitrogens is 2. The first-order chi connectivity index (χ1) is 14.9. The van der Waals surface area contributed by atoms with Crippen molar-refractivity contribution in [2.75, 3.05) is 11.9 Å². The number of pyridine rings is 2. The number of nitrogens with zero attached hydrogens (tertiary/aromatic N) is 2. The largest absolute Gasteiger partial charge is 0.412 e. The number of anilines is 1. The van der Waals surface area contributed by atoms with Crippen molar-refractivity contribution in [3.05, 3.63) is 110 Å². The zero-order chi connectivity index (χ0) is 22.1. The quantitative estimate of drug-likeness (QED) is 0.528. The molecule has 0 radical (unpaired) electrons. The molecular formula is C23H19F2N3O4. The summed E-state index contributed by atoms with van der Waals surface area (Å²) in [7, 11) is 1.51. The van der Waals surface area contributed by atoms with Crippen LogP contribution in [0.15, 0.2) is 76.4 Å². The zero-order valence-corrected chi connectivity index (χ0v) is 16.9. The Labute approximate surface area is 180 Å². The monoisotopic (exact) mass is 439 g/mol. The van der Waals surface area contributed by atoms with Gasteiger partial charge in [0, 0.05) is 30.6 Å². The molecule has 3 N–H and O–H groups in total. The fourth-order valence-electron chi connectivity index (χ4n) is 3.38. The number of hydrogen-bond acceptors (Lipinski definition) is 3. The fraction of sp³-hybridized carbons (Fsp3) is 0.0870. The van der Waals surface area contributed by atoms with Gasteiger partial charge in [-0.15, -0.1) is 0 Å². The van der Waals surface area contributed by atoms with E-state index >= 15 is 0 Å². The summed E-state index contributed by atoms with van der Waals surface area (Å²) < 4.78 is 29.9. The van der Waals surface area contributed by atoms with Gasteiger partial charge in [-0.1, -0.05) is 24.3 Å². The van der Waals surface area contributed by atoms with Crippen molar-refractivity contribution in [2.24, 2.45) is 0 Å². The zero-order valence-electron chi connectivity index (χ0n) is 16.9. The third-order valence-corrected chi connectivity index (χ3v) is 5.03. The minimum absolute atomic E-state index is 0. The Hall–Kier alpha value is -4.11. The Morgan fingerprint density at radius 1 is 0.969 bits per heavy atom. The summed E-state index contributed by atoms with van der Waals surface area (Å²) in [5.74, 6) is -2.14. The lowest BCUT2D eigenvalue weighted by Crippen LogP contribution is -2.32. The highest BCUT2D eigenvalue weighted by molar-refractivity contribution is 6.06. The second kappa shape index (κ2) is 8.94. The van der Waals surface area contributed by atoms with Crippen LogP contribution in [-0.4, -0.2) is 28.0 Å². The van der Waals surface area contributed by atoms with Gasteiger partial charge >= 0.3 is 0 Å². The number of nitrogens with one attached hydrogen (secondary N) is 1. The number of hydrogen-bond donors (Lipinski definition) is 1. The van der Waals surface area contributed by atoms with Crippen LogP contribution >= 0.6 is 0 Å². The number of carbonyl (C=O) groups is 1. The van der Waals surface area contributed by atoms with Crippen molar-refractivity contribution in [2.45, 2.75) is 6.54 Å². The van der Waals surface area contributed by atoms with E-state index in [0.29, 0.717) is 5.69 Å². The Morgan fingerprint density at radius 3 is 2.28 bits per heavy atom. The summed E-state index contributed by atoms with van der Waals surface area (Å²) in [5.41, 5.74) is -0.992. The van der Waals surface area contributed by atoms with Crippen molar-refractivity contribution in [1.82, 2.24) is 9.55 Å². The van der Waals surface area contributed by atoms with E-state index < -0.39 is 28.5 Å². The van der Waals surface area contributed by atoms with E-state index in [-0.39, 0.29) is 34.2 Å². The number of fused-ring (bicyclic) bond motifs is 1. The maximum absolute atomic E-state index is 14.2. The Bertz CT molecular complexity index is 1390. The van der Waals surface area contributed by atoms with Gasteiger partial charge in [0.25, 0.3) is 5.91 Å². The van der Waals surface area contributed by atoms with Crippen LogP contribution < -0.4 is 15.9 Å². The average Bonchev–Trinajstić information content (AvgIpc) is 2.77. The van der Waals surface area contributed by atoms with Crippen LogP contribution in [0.1, 0.15) is 15.9 Å². The van der Waals surface area contributed by atoms with E-state index in [2.05, 4.69) is 4.98 Å². The molecule has 1 amide bonds. The molecule has 0 fully saturated rings. The van der Waals surface area contributed by atoms with Crippen molar-refractivity contribution in [3.8, 4) is 0 Å². The molecule has 0 unspecified atom stereocenters. The van der Waals surface area contributed by atoms with Crippen LogP contribution in [0.3, 0.4) is 0 Å². The lowest BCUT2D eigenvalue weighted by Gasteiger charge is -2.19. The minimum Gasteiger partial charge on any atom is -0.412 e. The molecule has 7 nitrogen and oxygen atoms in total. The third kappa shape index (κ3) is 4.06. The van der Waals surface area contributed by atoms with Crippen molar-refractivity contribution in [3.63, 3.8) is 0 Å². The molecule has 0 aliphatic heterocycles. The summed E-state index contributed by atoms with van der Waals surface area (Å²) >= 11 is 0. The molecule has 0 atom stereocenters. The van der Waals surface area contributed by atoms with Crippen LogP contribution in [0, 0.1) is 11.6 Å². The third-order valence-electron chi connectivity index (χ3n) is 5.03. The summed E-state index contributed by atoms with van der Waals surface area (Å²) in [5, 5.41) is 0. The molecule has 4 rings (SSSR count). The number of amides is 1. The normalized spacial score (nSPS) is 10.6. The number of para-hydroxylation sites is 1. The number of benzene rings is 2. The van der Waals surface area contributed by atoms with Crippen LogP contribution in [0.4, 0.5) is 14.5 Å². The molecule has 0 aliphatic carbocycles. The SMILES string of the molecule is CN(C(=O)c1cn(Cc2c(F)cccc2F)c2ccc(=O)[nH]c2c1=O)c1ccccc1.O. The van der Waals surface area contributed by atoms with Gasteiger partial charge in [-0.3, -0.25) is 14.4 Å². The molecule has 32 heavy (non-hydrogen) atoms. The second-order valence-electron chi connectivity index (χ2n) is 6.98. The second-order valence-corrected chi connectivity index (χ2v) is 6.98. The van der Waals surface area contributed by atoms with Crippen LogP contribution in [0.25, 0.3) is 11.0 Å². The fourth-order valence-corrected chi connectivity index (χ4v) is 3.38. The van der Waals surface area contributed by atoms with E-state index in [4.69, 9.17) is 0 Å². The molecule has 4 aromatic rings. The van der Waals surface area contributed by atoms with E-state index in [1.807, 2.05) is 0 Å². The van der Waals surface area contributed by atoms with Gasteiger partial charge in [-0.05, 0) is 30.3 Å². The first kappa shape index (κ1) is 22.6. The lowest BCUT2D eigenvalue weighted by atomic mass is 10.1. The van der Waals surface area contributed by atoms with Gasteiger partial charge in [0.05, 0.1) is 12.1 Å². The van der Waals surface area contributed by atoms with Crippen LogP contribution in [0.5, 0.6) is 0 Å². The molecule has 0 bridgehead atoms. The Kier molecular flexibility index (Phi) is 6.31. The standard InChI is InChI=1S/C23H17F2N3O3.H2O/c1-27(14-6-3-2-4-7-14)23(31)16-13-28(12-15-17(24)8-5-9-18(15)25)19-10-11-20(29)26-21(19)22(16)30;/h2-11,13H,12H2,1H3,(H,26,29);1H2. The molecule has 2 aromatic carbocycles. The first-order valence-electron chi connectivity index (χ1n) is 9.39. The molecule has 2 aromatic heterocycles. The van der Waals surface area contributed by atoms with Gasteiger partial charge in [0.1, 0.15) is 22.7 Å². The van der Waals surface area contributed by atoms with Gasteiger partial charge < -0.3 is 19.9 Å². The summed E-state index contributed by atoms with van der Waals surface area (Å²) in [4.78, 5) is 41.7. The molecule has 2 heterocycles. The number of rotatable bonds is 4. The summed E-state index contributed by atoms with van der Waals surface area (Å²) in [6.07, 6.45) is 1.26. The number of aromatic amines is 1. The van der Waals surface area contributed by atoms with Gasteiger partial charge in [0.15, 0.2) is 0 Å². The number of carbonyl (C=O) groups excluding carboxylic acids is 1. The van der Waals surface area contributed by atoms with E-state index in [1.54, 1.807) is 30.3 Å². The number of halogens is 2. The van der Waals surface area contributed by atoms with Gasteiger partial charge in [-0.2, -0.15) is 0 Å². The minimum atomic E-state index is -0.759. The maximum Gasteiger partial charge on any atom is 0.263 e. The number of H-pyrrole nitrogens is 1. The maximum atomic E-state index is 14.2.